The molecule has 0 saturated heterocycles. The van der Waals surface area contributed by atoms with Gasteiger partial charge < -0.3 is 5.11 Å². The maximum atomic E-state index is 11.1. The van der Waals surface area contributed by atoms with Crippen molar-refractivity contribution in [1.82, 2.24) is 15.2 Å². The van der Waals surface area contributed by atoms with E-state index in [2.05, 4.69) is 15.6 Å². The molecule has 2 aromatic carbocycles. The van der Waals surface area contributed by atoms with Crippen molar-refractivity contribution in [3.63, 3.8) is 0 Å². The molecule has 0 aliphatic rings. The normalized spacial score (nSPS) is 11.0. The molecule has 0 saturated carbocycles. The number of benzene rings is 2. The molecule has 3 rings (SSSR count). The van der Waals surface area contributed by atoms with E-state index in [1.54, 1.807) is 4.68 Å². The van der Waals surface area contributed by atoms with Gasteiger partial charge in [-0.2, -0.15) is 10.2 Å². The van der Waals surface area contributed by atoms with Crippen LogP contribution in [0.4, 0.5) is 0 Å². The smallest absolute Gasteiger partial charge is 0.265 e. The number of aliphatic hydroxyl groups is 1. The molecule has 1 aromatic heterocycles. The number of nitrogens with zero attached hydrogens (tertiary/aromatic N) is 3. The van der Waals surface area contributed by atoms with Crippen molar-refractivity contribution < 1.29 is 9.90 Å². The molecule has 0 fully saturated rings. The van der Waals surface area contributed by atoms with Gasteiger partial charge in [-0.15, -0.1) is 0 Å². The summed E-state index contributed by atoms with van der Waals surface area (Å²) in [5.41, 5.74) is 6.82. The second kappa shape index (κ2) is 7.55. The Morgan fingerprint density at radius 1 is 1.20 bits per heavy atom. The fourth-order valence-corrected chi connectivity index (χ4v) is 2.34. The molecular formula is C19H18N4O2. The molecule has 126 valence electrons. The zero-order valence-electron chi connectivity index (χ0n) is 13.8. The van der Waals surface area contributed by atoms with Crippen molar-refractivity contribution in [2.75, 3.05) is 6.61 Å². The highest BCUT2D eigenvalue weighted by molar-refractivity contribution is 5.89. The molecule has 1 heterocycles. The number of hydrogen-bond acceptors (Lipinski definition) is 4. The van der Waals surface area contributed by atoms with E-state index >= 15 is 0 Å². The lowest BCUT2D eigenvalue weighted by Gasteiger charge is -2.01. The number of hydrogen-bond donors (Lipinski definition) is 2. The lowest BCUT2D eigenvalue weighted by molar-refractivity contribution is -0.123. The van der Waals surface area contributed by atoms with Gasteiger partial charge in [-0.3, -0.25) is 4.79 Å². The minimum absolute atomic E-state index is 0.566. The van der Waals surface area contributed by atoms with Gasteiger partial charge in [0.05, 0.1) is 11.9 Å². The fourth-order valence-electron chi connectivity index (χ4n) is 2.34. The van der Waals surface area contributed by atoms with E-state index in [9.17, 15) is 4.79 Å². The average molecular weight is 334 g/mol. The van der Waals surface area contributed by atoms with Crippen molar-refractivity contribution in [3.8, 4) is 16.9 Å². The van der Waals surface area contributed by atoms with Gasteiger partial charge in [-0.1, -0.05) is 48.0 Å². The van der Waals surface area contributed by atoms with Gasteiger partial charge in [-0.25, -0.2) is 10.1 Å². The van der Waals surface area contributed by atoms with Gasteiger partial charge in [0.2, 0.25) is 0 Å². The number of rotatable bonds is 5. The fraction of sp³-hybridized carbons (Fsp3) is 0.105. The Morgan fingerprint density at radius 3 is 2.60 bits per heavy atom. The summed E-state index contributed by atoms with van der Waals surface area (Å²) < 4.78 is 1.77. The molecule has 0 radical (unpaired) electrons. The molecule has 0 spiro atoms. The topological polar surface area (TPSA) is 79.5 Å². The van der Waals surface area contributed by atoms with Crippen molar-refractivity contribution in [2.45, 2.75) is 6.92 Å². The number of aliphatic hydroxyl groups excluding tert-OH is 1. The van der Waals surface area contributed by atoms with Gasteiger partial charge in [-0.05, 0) is 19.1 Å². The van der Waals surface area contributed by atoms with Gasteiger partial charge in [0.25, 0.3) is 5.91 Å². The summed E-state index contributed by atoms with van der Waals surface area (Å²) in [5.74, 6) is -0.566. The summed E-state index contributed by atoms with van der Waals surface area (Å²) in [6.45, 7) is 1.42. The van der Waals surface area contributed by atoms with Crippen LogP contribution in [-0.4, -0.2) is 33.6 Å². The van der Waals surface area contributed by atoms with E-state index in [0.29, 0.717) is 0 Å². The zero-order chi connectivity index (χ0) is 17.6. The minimum atomic E-state index is -0.606. The first-order valence-electron chi connectivity index (χ1n) is 7.82. The molecule has 0 aliphatic heterocycles. The number of para-hydroxylation sites is 1. The van der Waals surface area contributed by atoms with Crippen LogP contribution in [0.3, 0.4) is 0 Å². The van der Waals surface area contributed by atoms with E-state index < -0.39 is 12.5 Å². The molecule has 6 heteroatoms. The van der Waals surface area contributed by atoms with Gasteiger partial charge in [0.1, 0.15) is 12.3 Å². The summed E-state index contributed by atoms with van der Waals surface area (Å²) >= 11 is 0. The van der Waals surface area contributed by atoms with E-state index in [-0.39, 0.29) is 0 Å². The second-order valence-electron chi connectivity index (χ2n) is 5.53. The largest absolute Gasteiger partial charge is 0.386 e. The number of hydrazone groups is 1. The summed E-state index contributed by atoms with van der Waals surface area (Å²) in [6, 6.07) is 17.8. The number of nitrogens with one attached hydrogen (secondary N) is 1. The highest BCUT2D eigenvalue weighted by atomic mass is 16.3. The SMILES string of the molecule is Cc1ccc(-c2nn(-c3ccccc3)cc2/C=N/NC(=O)CO)cc1. The quantitative estimate of drug-likeness (QED) is 0.555. The summed E-state index contributed by atoms with van der Waals surface area (Å²) in [7, 11) is 0. The molecule has 6 nitrogen and oxygen atoms in total. The van der Waals surface area contributed by atoms with Gasteiger partial charge in [0.15, 0.2) is 0 Å². The molecule has 0 atom stereocenters. The van der Waals surface area contributed by atoms with Crippen molar-refractivity contribution >= 4 is 12.1 Å². The number of carbonyl (C=O) groups is 1. The molecule has 2 N–H and O–H groups in total. The van der Waals surface area contributed by atoms with Crippen LogP contribution in [0.5, 0.6) is 0 Å². The predicted molar refractivity (Wildman–Crippen MR) is 96.6 cm³/mol. The lowest BCUT2D eigenvalue weighted by Crippen LogP contribution is -2.20. The highest BCUT2D eigenvalue weighted by Crippen LogP contribution is 2.23. The molecule has 0 bridgehead atoms. The maximum absolute atomic E-state index is 11.1. The van der Waals surface area contributed by atoms with Crippen LogP contribution in [0.2, 0.25) is 0 Å². The Kier molecular flexibility index (Phi) is 5.01. The van der Waals surface area contributed by atoms with Crippen LogP contribution < -0.4 is 5.43 Å². The van der Waals surface area contributed by atoms with E-state index in [1.807, 2.05) is 67.7 Å². The zero-order valence-corrected chi connectivity index (χ0v) is 13.8. The first kappa shape index (κ1) is 16.6. The molecule has 0 unspecified atom stereocenters. The van der Waals surface area contributed by atoms with Crippen molar-refractivity contribution in [2.24, 2.45) is 5.10 Å². The molecule has 1 amide bonds. The van der Waals surface area contributed by atoms with E-state index in [0.717, 1.165) is 28.1 Å². The molecule has 3 aromatic rings. The highest BCUT2D eigenvalue weighted by Gasteiger charge is 2.11. The van der Waals surface area contributed by atoms with E-state index in [1.165, 1.54) is 6.21 Å². The second-order valence-corrected chi connectivity index (χ2v) is 5.53. The summed E-state index contributed by atoms with van der Waals surface area (Å²) in [6.07, 6.45) is 3.37. The number of aryl methyl sites for hydroxylation is 1. The summed E-state index contributed by atoms with van der Waals surface area (Å²) in [4.78, 5) is 11.1. The molecule has 25 heavy (non-hydrogen) atoms. The minimum Gasteiger partial charge on any atom is -0.386 e. The number of aromatic nitrogens is 2. The van der Waals surface area contributed by atoms with Crippen LogP contribution in [-0.2, 0) is 4.79 Å². The third-order valence-corrected chi connectivity index (χ3v) is 3.62. The third-order valence-electron chi connectivity index (χ3n) is 3.62. The predicted octanol–water partition coefficient (Wildman–Crippen LogP) is 2.29. The third kappa shape index (κ3) is 3.99. The van der Waals surface area contributed by atoms with E-state index in [4.69, 9.17) is 5.11 Å². The van der Waals surface area contributed by atoms with Crippen molar-refractivity contribution in [3.05, 3.63) is 71.9 Å². The van der Waals surface area contributed by atoms with Gasteiger partial charge in [0, 0.05) is 17.3 Å². The first-order chi connectivity index (χ1) is 12.2. The van der Waals surface area contributed by atoms with Gasteiger partial charge >= 0.3 is 0 Å². The summed E-state index contributed by atoms with van der Waals surface area (Å²) in [5, 5.41) is 17.3. The van der Waals surface area contributed by atoms with Crippen LogP contribution in [0.15, 0.2) is 65.9 Å². The Hall–Kier alpha value is -3.25. The average Bonchev–Trinajstić information content (AvgIpc) is 3.07. The van der Waals surface area contributed by atoms with Crippen molar-refractivity contribution in [1.29, 1.82) is 0 Å². The Bertz CT molecular complexity index is 884. The van der Waals surface area contributed by atoms with Crippen LogP contribution in [0.25, 0.3) is 16.9 Å². The monoisotopic (exact) mass is 334 g/mol. The molecule has 0 aliphatic carbocycles. The van der Waals surface area contributed by atoms with Crippen LogP contribution in [0, 0.1) is 6.92 Å². The van der Waals surface area contributed by atoms with Crippen LogP contribution >= 0.6 is 0 Å². The first-order valence-corrected chi connectivity index (χ1v) is 7.82. The lowest BCUT2D eigenvalue weighted by atomic mass is 10.1. The Morgan fingerprint density at radius 2 is 1.92 bits per heavy atom. The number of amides is 1. The standard InChI is InChI=1S/C19H18N4O2/c1-14-7-9-15(10-8-14)19-16(11-20-21-18(25)13-24)12-23(22-19)17-5-3-2-4-6-17/h2-12,24H,13H2,1H3,(H,21,25)/b20-11+. The molecular weight excluding hydrogens is 316 g/mol. The Labute approximate surface area is 145 Å². The van der Waals surface area contributed by atoms with Crippen LogP contribution in [0.1, 0.15) is 11.1 Å². The number of carbonyl (C=O) groups excluding carboxylic acids is 1. The Balaban J connectivity index is 2.00. The maximum Gasteiger partial charge on any atom is 0.265 e.